The highest BCUT2D eigenvalue weighted by molar-refractivity contribution is 7.89. The standard InChI is InChI=1S/C24H36N4O3S/c1-4-11-27(22-7-5-20-6-8-23(31-3)15-21(20)14-22)16-19-9-12-28(13-10-19)32(29,30)24-17-26(2)18-25-24/h6,8,15,17-19,22H,4-5,7,9-14,16H2,1-3H3. The summed E-state index contributed by atoms with van der Waals surface area (Å²) in [5.74, 6) is 1.47. The number of aromatic nitrogens is 2. The van der Waals surface area contributed by atoms with Gasteiger partial charge in [-0.2, -0.15) is 4.31 Å². The average molecular weight is 461 g/mol. The first-order valence-electron chi connectivity index (χ1n) is 11.8. The largest absolute Gasteiger partial charge is 0.497 e. The van der Waals surface area contributed by atoms with Gasteiger partial charge in [0, 0.05) is 38.9 Å². The normalized spacial score (nSPS) is 20.4. The quantitative estimate of drug-likeness (QED) is 0.606. The zero-order valence-corrected chi connectivity index (χ0v) is 20.4. The van der Waals surface area contributed by atoms with Crippen molar-refractivity contribution in [1.29, 1.82) is 0 Å². The molecule has 7 nitrogen and oxygen atoms in total. The Morgan fingerprint density at radius 2 is 1.97 bits per heavy atom. The molecule has 1 aromatic heterocycles. The van der Waals surface area contributed by atoms with Crippen molar-refractivity contribution < 1.29 is 13.2 Å². The van der Waals surface area contributed by atoms with Crippen LogP contribution < -0.4 is 4.74 Å². The fourth-order valence-corrected chi connectivity index (χ4v) is 6.62. The molecule has 4 rings (SSSR count). The fourth-order valence-electron chi connectivity index (χ4n) is 5.18. The first-order chi connectivity index (χ1) is 15.4. The number of ether oxygens (including phenoxy) is 1. The van der Waals surface area contributed by atoms with E-state index in [1.165, 1.54) is 17.5 Å². The lowest BCUT2D eigenvalue weighted by atomic mass is 9.86. The van der Waals surface area contributed by atoms with E-state index in [0.717, 1.165) is 50.9 Å². The highest BCUT2D eigenvalue weighted by Crippen LogP contribution is 2.30. The van der Waals surface area contributed by atoms with Gasteiger partial charge in [-0.05, 0) is 74.2 Å². The van der Waals surface area contributed by atoms with Gasteiger partial charge in [0.05, 0.1) is 13.4 Å². The Morgan fingerprint density at radius 1 is 1.19 bits per heavy atom. The van der Waals surface area contributed by atoms with E-state index >= 15 is 0 Å². The number of hydrogen-bond acceptors (Lipinski definition) is 5. The van der Waals surface area contributed by atoms with Crippen molar-refractivity contribution in [2.75, 3.05) is 33.3 Å². The minimum Gasteiger partial charge on any atom is -0.497 e. The number of rotatable bonds is 8. The van der Waals surface area contributed by atoms with Crippen LogP contribution in [-0.2, 0) is 29.9 Å². The van der Waals surface area contributed by atoms with Gasteiger partial charge in [-0.15, -0.1) is 0 Å². The van der Waals surface area contributed by atoms with Gasteiger partial charge in [0.1, 0.15) is 5.75 Å². The highest BCUT2D eigenvalue weighted by Gasteiger charge is 2.33. The summed E-state index contributed by atoms with van der Waals surface area (Å²) in [4.78, 5) is 6.73. The van der Waals surface area contributed by atoms with Gasteiger partial charge in [-0.3, -0.25) is 4.90 Å². The van der Waals surface area contributed by atoms with Crippen LogP contribution in [0.25, 0.3) is 0 Å². The monoisotopic (exact) mass is 460 g/mol. The molecule has 32 heavy (non-hydrogen) atoms. The zero-order chi connectivity index (χ0) is 22.7. The van der Waals surface area contributed by atoms with Crippen LogP contribution in [0.1, 0.15) is 43.7 Å². The molecule has 1 aliphatic carbocycles. The number of fused-ring (bicyclic) bond motifs is 1. The summed E-state index contributed by atoms with van der Waals surface area (Å²) in [6.45, 7) is 5.54. The van der Waals surface area contributed by atoms with E-state index in [9.17, 15) is 8.42 Å². The Bertz CT molecular complexity index is 1010. The Balaban J connectivity index is 1.37. The first-order valence-corrected chi connectivity index (χ1v) is 13.2. The van der Waals surface area contributed by atoms with Crippen molar-refractivity contribution in [3.05, 3.63) is 41.9 Å². The molecule has 1 aliphatic heterocycles. The van der Waals surface area contributed by atoms with Crippen molar-refractivity contribution in [3.63, 3.8) is 0 Å². The highest BCUT2D eigenvalue weighted by atomic mass is 32.2. The first kappa shape index (κ1) is 23.3. The molecule has 1 unspecified atom stereocenters. The third-order valence-electron chi connectivity index (χ3n) is 6.99. The minimum absolute atomic E-state index is 0.155. The second-order valence-corrected chi connectivity index (χ2v) is 11.1. The summed E-state index contributed by atoms with van der Waals surface area (Å²) < 4.78 is 34.5. The summed E-state index contributed by atoms with van der Waals surface area (Å²) in [6.07, 6.45) is 9.44. The Morgan fingerprint density at radius 3 is 2.62 bits per heavy atom. The van der Waals surface area contributed by atoms with Gasteiger partial charge in [0.15, 0.2) is 5.03 Å². The van der Waals surface area contributed by atoms with Gasteiger partial charge in [0.25, 0.3) is 10.0 Å². The molecule has 0 N–H and O–H groups in total. The molecule has 0 radical (unpaired) electrons. The second kappa shape index (κ2) is 9.93. The Hall–Kier alpha value is -1.90. The molecular weight excluding hydrogens is 424 g/mol. The molecule has 1 fully saturated rings. The maximum Gasteiger partial charge on any atom is 0.262 e. The van der Waals surface area contributed by atoms with E-state index in [4.69, 9.17) is 4.74 Å². The third-order valence-corrected chi connectivity index (χ3v) is 8.78. The number of sulfonamides is 1. The number of nitrogens with zero attached hydrogens (tertiary/aromatic N) is 4. The summed E-state index contributed by atoms with van der Waals surface area (Å²) in [6, 6.07) is 7.03. The molecule has 1 aromatic carbocycles. The molecule has 0 bridgehead atoms. The van der Waals surface area contributed by atoms with E-state index in [1.54, 1.807) is 35.6 Å². The SMILES string of the molecule is CCCN(CC1CCN(S(=O)(=O)c2cn(C)cn2)CC1)C1CCc2ccc(OC)cc2C1. The molecule has 0 saturated carbocycles. The molecule has 0 spiro atoms. The van der Waals surface area contributed by atoms with Crippen molar-refractivity contribution >= 4 is 10.0 Å². The maximum atomic E-state index is 12.9. The molecule has 176 valence electrons. The van der Waals surface area contributed by atoms with E-state index < -0.39 is 10.0 Å². The molecule has 2 aromatic rings. The van der Waals surface area contributed by atoms with Crippen LogP contribution in [0, 0.1) is 5.92 Å². The molecule has 2 aliphatic rings. The predicted molar refractivity (Wildman–Crippen MR) is 125 cm³/mol. The van der Waals surface area contributed by atoms with Gasteiger partial charge in [-0.1, -0.05) is 13.0 Å². The summed E-state index contributed by atoms with van der Waals surface area (Å²) in [5.41, 5.74) is 2.87. The van der Waals surface area contributed by atoms with E-state index in [1.807, 2.05) is 0 Å². The topological polar surface area (TPSA) is 67.7 Å². The fraction of sp³-hybridized carbons (Fsp3) is 0.625. The summed E-state index contributed by atoms with van der Waals surface area (Å²) in [7, 11) is 0.0320. The Labute approximate surface area is 192 Å². The average Bonchev–Trinajstić information content (AvgIpc) is 3.25. The van der Waals surface area contributed by atoms with Crippen LogP contribution in [0.15, 0.2) is 35.7 Å². The van der Waals surface area contributed by atoms with Gasteiger partial charge in [-0.25, -0.2) is 13.4 Å². The lowest BCUT2D eigenvalue weighted by Crippen LogP contribution is -2.46. The van der Waals surface area contributed by atoms with Gasteiger partial charge in [0.2, 0.25) is 0 Å². The molecular formula is C24H36N4O3S. The van der Waals surface area contributed by atoms with Crippen molar-refractivity contribution in [3.8, 4) is 5.75 Å². The smallest absolute Gasteiger partial charge is 0.262 e. The number of piperidine rings is 1. The molecule has 1 atom stereocenters. The molecule has 1 saturated heterocycles. The number of aryl methyl sites for hydroxylation is 2. The van der Waals surface area contributed by atoms with Crippen LogP contribution in [-0.4, -0.2) is 66.5 Å². The van der Waals surface area contributed by atoms with Gasteiger partial charge < -0.3 is 9.30 Å². The number of methoxy groups -OCH3 is 1. The third kappa shape index (κ3) is 5.02. The second-order valence-electron chi connectivity index (χ2n) is 9.25. The lowest BCUT2D eigenvalue weighted by molar-refractivity contribution is 0.129. The molecule has 2 heterocycles. The van der Waals surface area contributed by atoms with E-state index in [-0.39, 0.29) is 5.03 Å². The molecule has 0 amide bonds. The van der Waals surface area contributed by atoms with E-state index in [2.05, 4.69) is 35.0 Å². The van der Waals surface area contributed by atoms with E-state index in [0.29, 0.717) is 25.0 Å². The van der Waals surface area contributed by atoms with Crippen LogP contribution >= 0.6 is 0 Å². The zero-order valence-electron chi connectivity index (χ0n) is 19.5. The minimum atomic E-state index is -3.49. The van der Waals surface area contributed by atoms with Crippen LogP contribution in [0.4, 0.5) is 0 Å². The predicted octanol–water partition coefficient (Wildman–Crippen LogP) is 3.10. The summed E-state index contributed by atoms with van der Waals surface area (Å²) >= 11 is 0. The maximum absolute atomic E-state index is 12.9. The molecule has 8 heteroatoms. The number of imidazole rings is 1. The summed E-state index contributed by atoms with van der Waals surface area (Å²) in [5, 5.41) is 0.155. The van der Waals surface area contributed by atoms with Crippen molar-refractivity contribution in [2.45, 2.75) is 56.5 Å². The Kier molecular flexibility index (Phi) is 7.22. The number of benzene rings is 1. The van der Waals surface area contributed by atoms with Crippen molar-refractivity contribution in [1.82, 2.24) is 18.8 Å². The van der Waals surface area contributed by atoms with Crippen LogP contribution in [0.3, 0.4) is 0 Å². The lowest BCUT2D eigenvalue weighted by Gasteiger charge is -2.39. The van der Waals surface area contributed by atoms with Gasteiger partial charge >= 0.3 is 0 Å². The van der Waals surface area contributed by atoms with Crippen molar-refractivity contribution in [2.24, 2.45) is 13.0 Å². The van der Waals surface area contributed by atoms with Crippen LogP contribution in [0.2, 0.25) is 0 Å². The number of hydrogen-bond donors (Lipinski definition) is 0. The van der Waals surface area contributed by atoms with Crippen LogP contribution in [0.5, 0.6) is 5.75 Å².